The Kier molecular flexibility index (Phi) is 5.30. The van der Waals surface area contributed by atoms with E-state index in [1.165, 1.54) is 32.5 Å². The number of methoxy groups -OCH3 is 2. The summed E-state index contributed by atoms with van der Waals surface area (Å²) in [6.45, 7) is 0. The third-order valence-corrected chi connectivity index (χ3v) is 5.41. The van der Waals surface area contributed by atoms with Gasteiger partial charge in [0.2, 0.25) is 0 Å². The Morgan fingerprint density at radius 2 is 1.68 bits per heavy atom. The Balaban J connectivity index is 2.08. The van der Waals surface area contributed by atoms with Crippen molar-refractivity contribution in [1.29, 1.82) is 0 Å². The molecule has 1 N–H and O–H groups in total. The number of aromatic amines is 1. The molecule has 0 spiro atoms. The number of rotatable bonds is 4. The Morgan fingerprint density at radius 3 is 2.29 bits per heavy atom. The van der Waals surface area contributed by atoms with E-state index in [2.05, 4.69) is 20.9 Å². The molecule has 2 heterocycles. The van der Waals surface area contributed by atoms with Gasteiger partial charge in [-0.25, -0.2) is 0 Å². The van der Waals surface area contributed by atoms with Crippen molar-refractivity contribution in [2.24, 2.45) is 0 Å². The molecular formula is C22H16BrF3N2O3. The van der Waals surface area contributed by atoms with Gasteiger partial charge in [0, 0.05) is 33.9 Å². The van der Waals surface area contributed by atoms with Crippen molar-refractivity contribution in [3.8, 4) is 28.3 Å². The quantitative estimate of drug-likeness (QED) is 0.392. The SMILES string of the molecule is COc1cc(OC)cc(-c2cn(-c3cc(Br)ccc3C(F)(F)F)c(=O)c3[nH]ccc23)c1. The molecule has 31 heavy (non-hydrogen) atoms. The van der Waals surface area contributed by atoms with Crippen LogP contribution in [-0.4, -0.2) is 23.8 Å². The van der Waals surface area contributed by atoms with Crippen molar-refractivity contribution in [1.82, 2.24) is 9.55 Å². The highest BCUT2D eigenvalue weighted by atomic mass is 79.9. The molecule has 4 aromatic rings. The zero-order valence-corrected chi connectivity index (χ0v) is 18.0. The number of hydrogen-bond donors (Lipinski definition) is 1. The zero-order valence-electron chi connectivity index (χ0n) is 16.4. The first-order valence-electron chi connectivity index (χ1n) is 9.06. The van der Waals surface area contributed by atoms with Gasteiger partial charge in [-0.2, -0.15) is 13.2 Å². The van der Waals surface area contributed by atoms with Gasteiger partial charge in [-0.15, -0.1) is 0 Å². The fourth-order valence-corrected chi connectivity index (χ4v) is 3.81. The average Bonchev–Trinajstić information content (AvgIpc) is 3.23. The molecular weight excluding hydrogens is 477 g/mol. The molecule has 0 aliphatic heterocycles. The molecule has 2 aromatic carbocycles. The van der Waals surface area contributed by atoms with Crippen LogP contribution in [0.4, 0.5) is 13.2 Å². The Bertz CT molecular complexity index is 1320. The van der Waals surface area contributed by atoms with Crippen molar-refractivity contribution >= 4 is 26.8 Å². The number of nitrogens with zero attached hydrogens (tertiary/aromatic N) is 1. The van der Waals surface area contributed by atoms with Gasteiger partial charge in [-0.3, -0.25) is 9.36 Å². The molecule has 160 valence electrons. The lowest BCUT2D eigenvalue weighted by Gasteiger charge is -2.17. The third-order valence-electron chi connectivity index (χ3n) is 4.92. The Morgan fingerprint density at radius 1 is 1.00 bits per heavy atom. The minimum atomic E-state index is -4.64. The molecule has 0 amide bonds. The van der Waals surface area contributed by atoms with Gasteiger partial charge >= 0.3 is 6.18 Å². The van der Waals surface area contributed by atoms with Crippen molar-refractivity contribution < 1.29 is 22.6 Å². The second-order valence-electron chi connectivity index (χ2n) is 6.74. The van der Waals surface area contributed by atoms with Gasteiger partial charge in [-0.05, 0) is 42.0 Å². The maximum absolute atomic E-state index is 13.7. The second kappa shape index (κ2) is 7.81. The van der Waals surface area contributed by atoms with Crippen LogP contribution in [0.15, 0.2) is 64.1 Å². The molecule has 0 saturated carbocycles. The highest BCUT2D eigenvalue weighted by molar-refractivity contribution is 9.10. The summed E-state index contributed by atoms with van der Waals surface area (Å²) >= 11 is 3.20. The molecule has 0 aliphatic rings. The van der Waals surface area contributed by atoms with Gasteiger partial charge in [0.15, 0.2) is 0 Å². The van der Waals surface area contributed by atoms with Gasteiger partial charge in [0.05, 0.1) is 25.5 Å². The van der Waals surface area contributed by atoms with Crippen LogP contribution >= 0.6 is 15.9 Å². The maximum atomic E-state index is 13.7. The number of nitrogens with one attached hydrogen (secondary N) is 1. The number of alkyl halides is 3. The van der Waals surface area contributed by atoms with E-state index in [4.69, 9.17) is 9.47 Å². The lowest BCUT2D eigenvalue weighted by Crippen LogP contribution is -2.22. The lowest BCUT2D eigenvalue weighted by molar-refractivity contribution is -0.137. The van der Waals surface area contributed by atoms with E-state index in [1.54, 1.807) is 30.5 Å². The summed E-state index contributed by atoms with van der Waals surface area (Å²) in [5, 5.41) is 0.570. The number of benzene rings is 2. The summed E-state index contributed by atoms with van der Waals surface area (Å²) in [6.07, 6.45) is -1.66. The molecule has 0 bridgehead atoms. The van der Waals surface area contributed by atoms with E-state index in [0.29, 0.717) is 32.5 Å². The first-order valence-corrected chi connectivity index (χ1v) is 9.85. The number of fused-ring (bicyclic) bond motifs is 1. The van der Waals surface area contributed by atoms with Crippen molar-refractivity contribution in [3.05, 3.63) is 75.2 Å². The largest absolute Gasteiger partial charge is 0.497 e. The second-order valence-corrected chi connectivity index (χ2v) is 7.66. The molecule has 0 radical (unpaired) electrons. The summed E-state index contributed by atoms with van der Waals surface area (Å²) in [6, 6.07) is 10.3. The Labute approximate surface area is 183 Å². The van der Waals surface area contributed by atoms with Crippen LogP contribution < -0.4 is 15.0 Å². The van der Waals surface area contributed by atoms with E-state index >= 15 is 0 Å². The van der Waals surface area contributed by atoms with Crippen LogP contribution in [0.2, 0.25) is 0 Å². The van der Waals surface area contributed by atoms with E-state index in [-0.39, 0.29) is 11.2 Å². The number of ether oxygens (including phenoxy) is 2. The predicted molar refractivity (Wildman–Crippen MR) is 115 cm³/mol. The minimum Gasteiger partial charge on any atom is -0.497 e. The summed E-state index contributed by atoms with van der Waals surface area (Å²) in [7, 11) is 3.00. The van der Waals surface area contributed by atoms with Crippen LogP contribution in [0.25, 0.3) is 27.7 Å². The summed E-state index contributed by atoms with van der Waals surface area (Å²) < 4.78 is 53.2. The lowest BCUT2D eigenvalue weighted by atomic mass is 10.0. The van der Waals surface area contributed by atoms with Gasteiger partial charge in [-0.1, -0.05) is 15.9 Å². The van der Waals surface area contributed by atoms with Crippen LogP contribution in [0.1, 0.15) is 5.56 Å². The maximum Gasteiger partial charge on any atom is 0.418 e. The van der Waals surface area contributed by atoms with E-state index in [1.807, 2.05) is 0 Å². The molecule has 0 fully saturated rings. The number of halogens is 4. The fraction of sp³-hybridized carbons (Fsp3) is 0.136. The van der Waals surface area contributed by atoms with E-state index in [0.717, 1.165) is 10.6 Å². The molecule has 0 atom stereocenters. The molecule has 0 saturated heterocycles. The van der Waals surface area contributed by atoms with Crippen LogP contribution in [0, 0.1) is 0 Å². The molecule has 0 unspecified atom stereocenters. The monoisotopic (exact) mass is 492 g/mol. The number of H-pyrrole nitrogens is 1. The first kappa shape index (κ1) is 21.0. The number of pyridine rings is 1. The predicted octanol–water partition coefficient (Wildman–Crippen LogP) is 5.78. The summed E-state index contributed by atoms with van der Waals surface area (Å²) in [4.78, 5) is 16.0. The standard InChI is InChI=1S/C22H16BrF3N2O3/c1-30-14-7-12(8-15(10-14)31-2)17-11-28(21(29)20-16(17)5-6-27-20)19-9-13(23)3-4-18(19)22(24,25)26/h3-11,27H,1-2H3. The highest BCUT2D eigenvalue weighted by Crippen LogP contribution is 2.37. The van der Waals surface area contributed by atoms with Crippen molar-refractivity contribution in [2.45, 2.75) is 6.18 Å². The normalized spacial score (nSPS) is 11.7. The fourth-order valence-electron chi connectivity index (χ4n) is 3.46. The summed E-state index contributed by atoms with van der Waals surface area (Å²) in [5.41, 5.74) is -0.439. The zero-order chi connectivity index (χ0) is 22.3. The van der Waals surface area contributed by atoms with E-state index in [9.17, 15) is 18.0 Å². The van der Waals surface area contributed by atoms with Crippen LogP contribution in [-0.2, 0) is 6.18 Å². The number of hydrogen-bond acceptors (Lipinski definition) is 3. The first-order chi connectivity index (χ1) is 14.7. The minimum absolute atomic E-state index is 0.187. The molecule has 9 heteroatoms. The smallest absolute Gasteiger partial charge is 0.418 e. The van der Waals surface area contributed by atoms with Crippen LogP contribution in [0.3, 0.4) is 0 Å². The van der Waals surface area contributed by atoms with Crippen molar-refractivity contribution in [2.75, 3.05) is 14.2 Å². The van der Waals surface area contributed by atoms with Gasteiger partial charge in [0.1, 0.15) is 17.0 Å². The van der Waals surface area contributed by atoms with Crippen LogP contribution in [0.5, 0.6) is 11.5 Å². The topological polar surface area (TPSA) is 56.2 Å². The van der Waals surface area contributed by atoms with E-state index < -0.39 is 17.3 Å². The van der Waals surface area contributed by atoms with Gasteiger partial charge in [0.25, 0.3) is 5.56 Å². The average molecular weight is 493 g/mol. The van der Waals surface area contributed by atoms with Crippen molar-refractivity contribution in [3.63, 3.8) is 0 Å². The summed E-state index contributed by atoms with van der Waals surface area (Å²) in [5.74, 6) is 1.02. The molecule has 5 nitrogen and oxygen atoms in total. The molecule has 0 aliphatic carbocycles. The molecule has 4 rings (SSSR count). The molecule has 2 aromatic heterocycles. The Hall–Kier alpha value is -3.20. The number of aromatic nitrogens is 2. The van der Waals surface area contributed by atoms with Gasteiger partial charge < -0.3 is 14.5 Å². The third kappa shape index (κ3) is 3.81. The highest BCUT2D eigenvalue weighted by Gasteiger charge is 2.34.